The van der Waals surface area contributed by atoms with E-state index in [0.717, 1.165) is 24.3 Å². The smallest absolute Gasteiger partial charge is 0.339 e. The molecule has 0 aliphatic carbocycles. The van der Waals surface area contributed by atoms with E-state index in [0.29, 0.717) is 12.1 Å². The van der Waals surface area contributed by atoms with Crippen LogP contribution in [-0.4, -0.2) is 105 Å². The molecule has 2 heterocycles. The van der Waals surface area contributed by atoms with E-state index in [1.54, 1.807) is 0 Å². The molecule has 282 valence electrons. The largest absolute Gasteiger partial charge is 0.508 e. The molecular formula is C35H28O19. The molecule has 0 unspecified atom stereocenters. The van der Waals surface area contributed by atoms with Crippen molar-refractivity contribution < 1.29 is 89.1 Å². The zero-order valence-corrected chi connectivity index (χ0v) is 27.1. The molecule has 4 aromatic carbocycles. The molecule has 0 spiro atoms. The summed E-state index contributed by atoms with van der Waals surface area (Å²) in [4.78, 5) is 40.0. The van der Waals surface area contributed by atoms with Crippen LogP contribution in [-0.2, 0) is 14.2 Å². The standard InChI is InChI=1S/C35H28O19/c36-15-3-1-12(2-4-15)30-31(28(46)24-17(38)9-16(37)10-22(24)51-30)54-35-32(53-34(49)14-7-20(41)26(44)21(42)8-14)29(47)27(45)23(52-35)11-50-33(48)13-5-18(39)25(43)19(40)6-13/h1-10,23,27,29,32,35-45,47H,11H2/t23-,27+,29+,32-,35+/m0/s1. The van der Waals surface area contributed by atoms with Crippen LogP contribution in [0.25, 0.3) is 22.3 Å². The highest BCUT2D eigenvalue weighted by molar-refractivity contribution is 5.92. The number of hydrogen-bond acceptors (Lipinski definition) is 19. The number of aliphatic hydroxyl groups excluding tert-OH is 2. The normalized spacial score (nSPS) is 19.6. The van der Waals surface area contributed by atoms with E-state index >= 15 is 0 Å². The summed E-state index contributed by atoms with van der Waals surface area (Å²) >= 11 is 0. The van der Waals surface area contributed by atoms with Crippen molar-refractivity contribution >= 4 is 22.9 Å². The molecule has 19 heteroatoms. The lowest BCUT2D eigenvalue weighted by molar-refractivity contribution is -0.276. The fourth-order valence-corrected chi connectivity index (χ4v) is 5.43. The predicted molar refractivity (Wildman–Crippen MR) is 177 cm³/mol. The number of aliphatic hydroxyl groups is 2. The van der Waals surface area contributed by atoms with Gasteiger partial charge < -0.3 is 79.5 Å². The van der Waals surface area contributed by atoms with Crippen LogP contribution in [0.3, 0.4) is 0 Å². The first kappa shape index (κ1) is 36.7. The van der Waals surface area contributed by atoms with Gasteiger partial charge in [0.25, 0.3) is 0 Å². The molecule has 1 fully saturated rings. The van der Waals surface area contributed by atoms with Gasteiger partial charge in [-0.05, 0) is 48.5 Å². The number of esters is 2. The highest BCUT2D eigenvalue weighted by atomic mass is 16.7. The second-order valence-corrected chi connectivity index (χ2v) is 11.8. The number of fused-ring (bicyclic) bond motifs is 1. The Bertz CT molecular complexity index is 2280. The quantitative estimate of drug-likeness (QED) is 0.0794. The minimum absolute atomic E-state index is 0.0653. The third-order valence-electron chi connectivity index (χ3n) is 8.16. The van der Waals surface area contributed by atoms with Crippen LogP contribution in [0, 0.1) is 0 Å². The second kappa shape index (κ2) is 14.1. The summed E-state index contributed by atoms with van der Waals surface area (Å²) in [5.74, 6) is -10.8. The van der Waals surface area contributed by atoms with Crippen molar-refractivity contribution in [3.8, 4) is 68.8 Å². The molecule has 5 aromatic rings. The van der Waals surface area contributed by atoms with Crippen LogP contribution in [0.4, 0.5) is 0 Å². The summed E-state index contributed by atoms with van der Waals surface area (Å²) in [5.41, 5.74) is -2.42. The molecule has 1 aliphatic rings. The summed E-state index contributed by atoms with van der Waals surface area (Å²) in [6.07, 6.45) is -10.2. The maximum absolute atomic E-state index is 14.0. The summed E-state index contributed by atoms with van der Waals surface area (Å²) in [7, 11) is 0. The van der Waals surface area contributed by atoms with E-state index in [2.05, 4.69) is 0 Å². The summed E-state index contributed by atoms with van der Waals surface area (Å²) < 4.78 is 28.0. The highest BCUT2D eigenvalue weighted by Crippen LogP contribution is 2.40. The minimum atomic E-state index is -2.19. The molecule has 6 rings (SSSR count). The van der Waals surface area contributed by atoms with E-state index in [-0.39, 0.29) is 16.9 Å². The van der Waals surface area contributed by atoms with E-state index in [1.165, 1.54) is 24.3 Å². The first-order chi connectivity index (χ1) is 25.5. The van der Waals surface area contributed by atoms with Gasteiger partial charge in [0.15, 0.2) is 46.4 Å². The van der Waals surface area contributed by atoms with Gasteiger partial charge in [-0.15, -0.1) is 0 Å². The molecule has 54 heavy (non-hydrogen) atoms. The van der Waals surface area contributed by atoms with Crippen molar-refractivity contribution in [3.05, 3.63) is 82.0 Å². The maximum atomic E-state index is 14.0. The fourth-order valence-electron chi connectivity index (χ4n) is 5.43. The lowest BCUT2D eigenvalue weighted by Gasteiger charge is -2.41. The summed E-state index contributed by atoms with van der Waals surface area (Å²) in [6.45, 7) is -0.906. The van der Waals surface area contributed by atoms with Crippen molar-refractivity contribution in [2.75, 3.05) is 6.61 Å². The van der Waals surface area contributed by atoms with Crippen molar-refractivity contribution in [1.29, 1.82) is 0 Å². The van der Waals surface area contributed by atoms with E-state index in [1.807, 2.05) is 0 Å². The van der Waals surface area contributed by atoms with Crippen LogP contribution in [0.1, 0.15) is 20.7 Å². The number of rotatable bonds is 8. The Kier molecular flexibility index (Phi) is 9.61. The lowest BCUT2D eigenvalue weighted by atomic mass is 9.98. The minimum Gasteiger partial charge on any atom is -0.508 e. The van der Waals surface area contributed by atoms with Crippen LogP contribution >= 0.6 is 0 Å². The van der Waals surface area contributed by atoms with Gasteiger partial charge in [-0.1, -0.05) is 0 Å². The number of aromatic hydroxyl groups is 9. The Labute approximate surface area is 300 Å². The van der Waals surface area contributed by atoms with Crippen molar-refractivity contribution in [2.24, 2.45) is 0 Å². The number of benzene rings is 4. The topological polar surface area (TPSA) is 324 Å². The molecule has 0 radical (unpaired) electrons. The van der Waals surface area contributed by atoms with Gasteiger partial charge >= 0.3 is 11.9 Å². The second-order valence-electron chi connectivity index (χ2n) is 11.8. The molecule has 1 saturated heterocycles. The van der Waals surface area contributed by atoms with Crippen LogP contribution in [0.2, 0.25) is 0 Å². The van der Waals surface area contributed by atoms with Crippen molar-refractivity contribution in [2.45, 2.75) is 30.7 Å². The predicted octanol–water partition coefficient (Wildman–Crippen LogP) is 1.72. The number of phenolic OH excluding ortho intramolecular Hbond substituents is 9. The van der Waals surface area contributed by atoms with Crippen molar-refractivity contribution in [1.82, 2.24) is 0 Å². The van der Waals surface area contributed by atoms with Gasteiger partial charge in [0.1, 0.15) is 53.1 Å². The zero-order chi connectivity index (χ0) is 39.2. The first-order valence-electron chi connectivity index (χ1n) is 15.4. The third kappa shape index (κ3) is 6.91. The third-order valence-corrected chi connectivity index (χ3v) is 8.16. The number of carbonyl (C=O) groups excluding carboxylic acids is 2. The lowest BCUT2D eigenvalue weighted by Crippen LogP contribution is -2.61. The van der Waals surface area contributed by atoms with Gasteiger partial charge in [-0.3, -0.25) is 4.79 Å². The Morgan fingerprint density at radius 2 is 1.22 bits per heavy atom. The van der Waals surface area contributed by atoms with E-state index < -0.39 is 129 Å². The SMILES string of the molecule is O=C(OC[C@@H]1O[C@H](Oc2c(-c3ccc(O)cc3)oc3cc(O)cc(O)c3c2=O)[C@@H](OC(=O)c2cc(O)c(O)c(O)c2)[C@H](O)[C@@H]1O)c1cc(O)c(O)c(O)c1. The van der Waals surface area contributed by atoms with Gasteiger partial charge in [-0.2, -0.15) is 0 Å². The number of carbonyl (C=O) groups is 2. The Hall–Kier alpha value is -7.09. The fraction of sp³-hybridized carbons (Fsp3) is 0.171. The molecule has 0 saturated carbocycles. The summed E-state index contributed by atoms with van der Waals surface area (Å²) in [6, 6.07) is 9.73. The van der Waals surface area contributed by atoms with E-state index in [9.17, 15) is 70.6 Å². The van der Waals surface area contributed by atoms with Crippen LogP contribution in [0.5, 0.6) is 57.5 Å². The van der Waals surface area contributed by atoms with E-state index in [4.69, 9.17) is 23.4 Å². The number of phenols is 9. The molecule has 0 bridgehead atoms. The van der Waals surface area contributed by atoms with Gasteiger partial charge in [0.2, 0.25) is 17.5 Å². The molecule has 1 aromatic heterocycles. The van der Waals surface area contributed by atoms with Crippen LogP contribution in [0.15, 0.2) is 69.9 Å². The average Bonchev–Trinajstić information content (AvgIpc) is 3.12. The summed E-state index contributed by atoms with van der Waals surface area (Å²) in [5, 5.41) is 111. The molecular weight excluding hydrogens is 724 g/mol. The van der Waals surface area contributed by atoms with Gasteiger partial charge in [-0.25, -0.2) is 9.59 Å². The monoisotopic (exact) mass is 752 g/mol. The average molecular weight is 753 g/mol. The Balaban J connectivity index is 1.41. The van der Waals surface area contributed by atoms with Gasteiger partial charge in [0, 0.05) is 17.7 Å². The number of ether oxygens (including phenoxy) is 4. The molecule has 1 aliphatic heterocycles. The molecule has 11 N–H and O–H groups in total. The molecule has 0 amide bonds. The van der Waals surface area contributed by atoms with Crippen molar-refractivity contribution in [3.63, 3.8) is 0 Å². The van der Waals surface area contributed by atoms with Crippen LogP contribution < -0.4 is 10.2 Å². The molecule has 19 nitrogen and oxygen atoms in total. The Morgan fingerprint density at radius 1 is 0.667 bits per heavy atom. The zero-order valence-electron chi connectivity index (χ0n) is 27.1. The first-order valence-corrected chi connectivity index (χ1v) is 15.4. The number of hydrogen-bond donors (Lipinski definition) is 11. The molecule has 5 atom stereocenters. The van der Waals surface area contributed by atoms with Gasteiger partial charge in [0.05, 0.1) is 11.1 Å². The highest BCUT2D eigenvalue weighted by Gasteiger charge is 2.49. The maximum Gasteiger partial charge on any atom is 0.339 e. The Morgan fingerprint density at radius 3 is 1.80 bits per heavy atom.